The highest BCUT2D eigenvalue weighted by molar-refractivity contribution is 5.63. The molecule has 0 spiro atoms. The zero-order valence-electron chi connectivity index (χ0n) is 18.2. The van der Waals surface area contributed by atoms with Gasteiger partial charge in [0.1, 0.15) is 12.7 Å². The first-order valence-corrected chi connectivity index (χ1v) is 11.2. The number of unbranched alkanes of at least 4 members (excludes halogenated alkanes) is 1. The molecule has 32 heavy (non-hydrogen) atoms. The van der Waals surface area contributed by atoms with Gasteiger partial charge in [-0.15, -0.1) is 0 Å². The number of aromatic nitrogens is 2. The van der Waals surface area contributed by atoms with Crippen LogP contribution in [-0.2, 0) is 6.61 Å². The maximum absolute atomic E-state index is 8.69. The molecule has 3 aromatic rings. The Kier molecular flexibility index (Phi) is 7.67. The lowest BCUT2D eigenvalue weighted by atomic mass is 10.0. The molecular formula is C26H28N4O2. The van der Waals surface area contributed by atoms with Crippen molar-refractivity contribution >= 4 is 0 Å². The van der Waals surface area contributed by atoms with Crippen molar-refractivity contribution in [3.05, 3.63) is 72.6 Å². The van der Waals surface area contributed by atoms with Crippen molar-refractivity contribution in [2.75, 3.05) is 19.6 Å². The molecule has 0 radical (unpaired) electrons. The first-order valence-electron chi connectivity index (χ1n) is 11.2. The minimum absolute atomic E-state index is 0.103. The summed E-state index contributed by atoms with van der Waals surface area (Å²) < 4.78 is 12.1. The maximum Gasteiger partial charge on any atom is 0.278 e. The number of ether oxygens (including phenoxy) is 2. The van der Waals surface area contributed by atoms with Gasteiger partial charge >= 0.3 is 0 Å². The summed E-state index contributed by atoms with van der Waals surface area (Å²) in [7, 11) is 0. The molecule has 0 atom stereocenters. The minimum atomic E-state index is 0.103. The number of hydrogen-bond donors (Lipinski definition) is 0. The average molecular weight is 429 g/mol. The SMILES string of the molecule is N#CCCCN1CCC(Oc2nccnc2OCc2ccc(-c3ccccc3)cc2)CC1. The van der Waals surface area contributed by atoms with E-state index in [-0.39, 0.29) is 6.10 Å². The summed E-state index contributed by atoms with van der Waals surface area (Å²) in [5.74, 6) is 0.882. The van der Waals surface area contributed by atoms with Crippen molar-refractivity contribution in [3.8, 4) is 29.0 Å². The van der Waals surface area contributed by atoms with E-state index in [0.29, 0.717) is 24.8 Å². The van der Waals surface area contributed by atoms with Gasteiger partial charge in [-0.25, -0.2) is 9.97 Å². The second-order valence-corrected chi connectivity index (χ2v) is 7.94. The number of hydrogen-bond acceptors (Lipinski definition) is 6. The molecule has 1 saturated heterocycles. The van der Waals surface area contributed by atoms with Crippen LogP contribution in [0.3, 0.4) is 0 Å². The molecule has 0 unspecified atom stereocenters. The third-order valence-electron chi connectivity index (χ3n) is 5.65. The Morgan fingerprint density at radius 2 is 1.59 bits per heavy atom. The van der Waals surface area contributed by atoms with Crippen molar-refractivity contribution in [2.24, 2.45) is 0 Å². The van der Waals surface area contributed by atoms with E-state index in [1.54, 1.807) is 12.4 Å². The van der Waals surface area contributed by atoms with Gasteiger partial charge < -0.3 is 14.4 Å². The van der Waals surface area contributed by atoms with Crippen LogP contribution < -0.4 is 9.47 Å². The highest BCUT2D eigenvalue weighted by Crippen LogP contribution is 2.26. The molecule has 6 heteroatoms. The summed E-state index contributed by atoms with van der Waals surface area (Å²) >= 11 is 0. The fourth-order valence-electron chi connectivity index (χ4n) is 3.86. The Bertz CT molecular complexity index is 1010. The standard InChI is InChI=1S/C26H28N4O2/c27-14-4-5-17-30-18-12-24(13-19-30)32-26-25(28-15-16-29-26)31-20-21-8-10-23(11-9-21)22-6-2-1-3-7-22/h1-3,6-11,15-16,24H,4-5,12-13,17-20H2. The van der Waals surface area contributed by atoms with E-state index in [1.165, 1.54) is 11.1 Å². The van der Waals surface area contributed by atoms with Crippen LogP contribution in [0.25, 0.3) is 11.1 Å². The Balaban J connectivity index is 1.30. The topological polar surface area (TPSA) is 71.3 Å². The molecule has 1 fully saturated rings. The lowest BCUT2D eigenvalue weighted by Gasteiger charge is -2.31. The molecule has 1 aromatic heterocycles. The Labute approximate surface area is 189 Å². The molecule has 0 aliphatic carbocycles. The summed E-state index contributed by atoms with van der Waals surface area (Å²) in [4.78, 5) is 11.1. The molecule has 1 aliphatic rings. The first-order chi connectivity index (χ1) is 15.8. The van der Waals surface area contributed by atoms with E-state index in [2.05, 4.69) is 57.3 Å². The largest absolute Gasteiger partial charge is 0.470 e. The van der Waals surface area contributed by atoms with E-state index in [9.17, 15) is 0 Å². The fourth-order valence-corrected chi connectivity index (χ4v) is 3.86. The van der Waals surface area contributed by atoms with Crippen LogP contribution in [0.4, 0.5) is 0 Å². The molecule has 1 aliphatic heterocycles. The van der Waals surface area contributed by atoms with Crippen LogP contribution in [0.2, 0.25) is 0 Å². The lowest BCUT2D eigenvalue weighted by Crippen LogP contribution is -2.38. The number of rotatable bonds is 9. The maximum atomic E-state index is 8.69. The summed E-state index contributed by atoms with van der Waals surface area (Å²) in [5.41, 5.74) is 3.43. The molecule has 0 bridgehead atoms. The molecule has 2 heterocycles. The van der Waals surface area contributed by atoms with Crippen molar-refractivity contribution in [2.45, 2.75) is 38.4 Å². The van der Waals surface area contributed by atoms with Crippen molar-refractivity contribution in [1.29, 1.82) is 5.26 Å². The van der Waals surface area contributed by atoms with Crippen molar-refractivity contribution in [1.82, 2.24) is 14.9 Å². The minimum Gasteiger partial charge on any atom is -0.470 e. The van der Waals surface area contributed by atoms with Gasteiger partial charge in [0.25, 0.3) is 11.8 Å². The predicted octanol–water partition coefficient (Wildman–Crippen LogP) is 4.87. The van der Waals surface area contributed by atoms with Gasteiger partial charge in [0.05, 0.1) is 6.07 Å². The zero-order valence-corrected chi connectivity index (χ0v) is 18.2. The normalized spacial score (nSPS) is 14.6. The average Bonchev–Trinajstić information content (AvgIpc) is 2.86. The molecule has 164 valence electrons. The second-order valence-electron chi connectivity index (χ2n) is 7.94. The molecule has 6 nitrogen and oxygen atoms in total. The summed E-state index contributed by atoms with van der Waals surface area (Å²) in [6.07, 6.45) is 6.77. The van der Waals surface area contributed by atoms with Gasteiger partial charge in [-0.05, 0) is 42.5 Å². The molecule has 4 rings (SSSR count). The zero-order chi connectivity index (χ0) is 22.0. The van der Waals surface area contributed by atoms with Gasteiger partial charge in [-0.1, -0.05) is 54.6 Å². The Morgan fingerprint density at radius 1 is 0.906 bits per heavy atom. The molecular weight excluding hydrogens is 400 g/mol. The van der Waals surface area contributed by atoms with E-state index in [4.69, 9.17) is 14.7 Å². The fraction of sp³-hybridized carbons (Fsp3) is 0.346. The van der Waals surface area contributed by atoms with E-state index >= 15 is 0 Å². The summed E-state index contributed by atoms with van der Waals surface area (Å²) in [5, 5.41) is 8.69. The lowest BCUT2D eigenvalue weighted by molar-refractivity contribution is 0.0913. The van der Waals surface area contributed by atoms with E-state index in [0.717, 1.165) is 44.5 Å². The van der Waals surface area contributed by atoms with Crippen LogP contribution in [-0.4, -0.2) is 40.6 Å². The third kappa shape index (κ3) is 6.05. The van der Waals surface area contributed by atoms with E-state index in [1.807, 2.05) is 18.2 Å². The number of benzene rings is 2. The molecule has 0 saturated carbocycles. The van der Waals surface area contributed by atoms with Crippen LogP contribution in [0.15, 0.2) is 67.0 Å². The molecule has 0 N–H and O–H groups in total. The predicted molar refractivity (Wildman–Crippen MR) is 123 cm³/mol. The number of nitriles is 1. The van der Waals surface area contributed by atoms with Crippen LogP contribution in [0.1, 0.15) is 31.2 Å². The highest BCUT2D eigenvalue weighted by atomic mass is 16.5. The Morgan fingerprint density at radius 3 is 2.31 bits per heavy atom. The molecule has 2 aromatic carbocycles. The van der Waals surface area contributed by atoms with Crippen LogP contribution in [0.5, 0.6) is 11.8 Å². The van der Waals surface area contributed by atoms with Gasteiger partial charge in [0, 0.05) is 31.9 Å². The quantitative estimate of drug-likeness (QED) is 0.453. The smallest absolute Gasteiger partial charge is 0.278 e. The number of piperidine rings is 1. The number of nitrogens with zero attached hydrogens (tertiary/aromatic N) is 4. The monoisotopic (exact) mass is 428 g/mol. The van der Waals surface area contributed by atoms with Crippen LogP contribution >= 0.6 is 0 Å². The summed E-state index contributed by atoms with van der Waals surface area (Å²) in [6, 6.07) is 20.9. The molecule has 0 amide bonds. The Hall–Kier alpha value is -3.43. The first kappa shape index (κ1) is 21.8. The third-order valence-corrected chi connectivity index (χ3v) is 5.65. The van der Waals surface area contributed by atoms with E-state index < -0.39 is 0 Å². The highest BCUT2D eigenvalue weighted by Gasteiger charge is 2.22. The number of likely N-dealkylation sites (tertiary alicyclic amines) is 1. The van der Waals surface area contributed by atoms with Crippen LogP contribution in [0, 0.1) is 11.3 Å². The van der Waals surface area contributed by atoms with Gasteiger partial charge in [-0.3, -0.25) is 0 Å². The van der Waals surface area contributed by atoms with Gasteiger partial charge in [0.2, 0.25) is 0 Å². The second kappa shape index (κ2) is 11.3. The van der Waals surface area contributed by atoms with Gasteiger partial charge in [0.15, 0.2) is 0 Å². The van der Waals surface area contributed by atoms with Crippen molar-refractivity contribution in [3.63, 3.8) is 0 Å². The van der Waals surface area contributed by atoms with Crippen molar-refractivity contribution < 1.29 is 9.47 Å². The summed E-state index contributed by atoms with van der Waals surface area (Å²) in [6.45, 7) is 3.32. The van der Waals surface area contributed by atoms with Gasteiger partial charge in [-0.2, -0.15) is 5.26 Å².